The van der Waals surface area contributed by atoms with Gasteiger partial charge in [-0.05, 0) is 31.5 Å². The minimum Gasteiger partial charge on any atom is -0.495 e. The molecule has 1 unspecified atom stereocenters. The molecule has 4 nitrogen and oxygen atoms in total. The molecule has 1 rings (SSSR count). The molecule has 102 valence electrons. The highest BCUT2D eigenvalue weighted by atomic mass is 35.5. The largest absolute Gasteiger partial charge is 0.495 e. The molecule has 0 radical (unpaired) electrons. The maximum absolute atomic E-state index is 6.14. The van der Waals surface area contributed by atoms with Gasteiger partial charge in [-0.3, -0.25) is 0 Å². The van der Waals surface area contributed by atoms with Crippen LogP contribution in [0.5, 0.6) is 5.75 Å². The molecule has 18 heavy (non-hydrogen) atoms. The fraction of sp³-hybridized carbons (Fsp3) is 0.538. The van der Waals surface area contributed by atoms with E-state index in [4.69, 9.17) is 31.5 Å². The Bertz CT molecular complexity index is 367. The molecule has 0 aliphatic heterocycles. The summed E-state index contributed by atoms with van der Waals surface area (Å²) in [5, 5.41) is 0.554. The van der Waals surface area contributed by atoms with Gasteiger partial charge >= 0.3 is 0 Å². The molecule has 0 amide bonds. The summed E-state index contributed by atoms with van der Waals surface area (Å²) in [6, 6.07) is 5.03. The van der Waals surface area contributed by atoms with Gasteiger partial charge in [0.15, 0.2) is 6.29 Å². The van der Waals surface area contributed by atoms with Crippen molar-refractivity contribution < 1.29 is 14.2 Å². The third-order valence-corrected chi connectivity index (χ3v) is 2.83. The first-order valence-electron chi connectivity index (χ1n) is 5.96. The lowest BCUT2D eigenvalue weighted by molar-refractivity contribution is -0.149. The van der Waals surface area contributed by atoms with E-state index >= 15 is 0 Å². The maximum atomic E-state index is 6.14. The summed E-state index contributed by atoms with van der Waals surface area (Å²) in [4.78, 5) is 0. The first-order valence-corrected chi connectivity index (χ1v) is 6.34. The molecule has 0 aliphatic carbocycles. The highest BCUT2D eigenvalue weighted by Crippen LogP contribution is 2.28. The van der Waals surface area contributed by atoms with Crippen LogP contribution in [0.3, 0.4) is 0 Å². The van der Waals surface area contributed by atoms with Crippen molar-refractivity contribution in [2.75, 3.05) is 20.3 Å². The Kier molecular flexibility index (Phi) is 6.43. The predicted octanol–water partition coefficient (Wildman–Crippen LogP) is 2.75. The molecule has 5 heteroatoms. The lowest BCUT2D eigenvalue weighted by Gasteiger charge is -2.24. The minimum atomic E-state index is -0.467. The van der Waals surface area contributed by atoms with E-state index < -0.39 is 6.29 Å². The molecule has 0 saturated heterocycles. The van der Waals surface area contributed by atoms with Crippen molar-refractivity contribution in [2.24, 2.45) is 5.73 Å². The quantitative estimate of drug-likeness (QED) is 0.776. The normalized spacial score (nSPS) is 12.8. The average Bonchev–Trinajstić information content (AvgIpc) is 2.38. The van der Waals surface area contributed by atoms with Gasteiger partial charge in [-0.2, -0.15) is 0 Å². The third kappa shape index (κ3) is 3.85. The second-order valence-corrected chi connectivity index (χ2v) is 4.11. The number of nitrogens with two attached hydrogens (primary N) is 1. The summed E-state index contributed by atoms with van der Waals surface area (Å²) >= 11 is 5.97. The van der Waals surface area contributed by atoms with Crippen LogP contribution in [-0.4, -0.2) is 26.6 Å². The number of hydrogen-bond donors (Lipinski definition) is 1. The molecule has 0 heterocycles. The lowest BCUT2D eigenvalue weighted by Crippen LogP contribution is -2.31. The molecule has 1 atom stereocenters. The van der Waals surface area contributed by atoms with E-state index in [2.05, 4.69) is 0 Å². The minimum absolute atomic E-state index is 0.379. The number of benzene rings is 1. The fourth-order valence-corrected chi connectivity index (χ4v) is 1.82. The molecular formula is C13H20ClNO3. The van der Waals surface area contributed by atoms with E-state index in [0.717, 1.165) is 5.56 Å². The second kappa shape index (κ2) is 7.59. The van der Waals surface area contributed by atoms with Crippen molar-refractivity contribution in [1.82, 2.24) is 0 Å². The van der Waals surface area contributed by atoms with Crippen LogP contribution in [0.2, 0.25) is 5.02 Å². The Morgan fingerprint density at radius 2 is 1.83 bits per heavy atom. The summed E-state index contributed by atoms with van der Waals surface area (Å²) in [7, 11) is 1.57. The predicted molar refractivity (Wildman–Crippen MR) is 72.0 cm³/mol. The van der Waals surface area contributed by atoms with Crippen molar-refractivity contribution in [1.29, 1.82) is 0 Å². The van der Waals surface area contributed by atoms with Gasteiger partial charge in [0.05, 0.1) is 18.2 Å². The Morgan fingerprint density at radius 1 is 1.22 bits per heavy atom. The van der Waals surface area contributed by atoms with Gasteiger partial charge in [0, 0.05) is 13.2 Å². The fourth-order valence-electron chi connectivity index (χ4n) is 1.62. The van der Waals surface area contributed by atoms with Crippen LogP contribution in [0.15, 0.2) is 18.2 Å². The Morgan fingerprint density at radius 3 is 2.33 bits per heavy atom. The number of hydrogen-bond acceptors (Lipinski definition) is 4. The third-order valence-electron chi connectivity index (χ3n) is 2.52. The zero-order chi connectivity index (χ0) is 13.5. The van der Waals surface area contributed by atoms with E-state index in [9.17, 15) is 0 Å². The molecule has 2 N–H and O–H groups in total. The summed E-state index contributed by atoms with van der Waals surface area (Å²) in [6.07, 6.45) is -0.467. The van der Waals surface area contributed by atoms with Crippen LogP contribution in [0.1, 0.15) is 25.5 Å². The first-order chi connectivity index (χ1) is 8.63. The van der Waals surface area contributed by atoms with E-state index in [0.29, 0.717) is 24.0 Å². The molecule has 0 aliphatic rings. The van der Waals surface area contributed by atoms with Crippen LogP contribution in [0.4, 0.5) is 0 Å². The Balaban J connectivity index is 2.89. The number of ether oxygens (including phenoxy) is 3. The van der Waals surface area contributed by atoms with Crippen molar-refractivity contribution in [3.8, 4) is 5.75 Å². The summed E-state index contributed by atoms with van der Waals surface area (Å²) < 4.78 is 16.1. The second-order valence-electron chi connectivity index (χ2n) is 3.70. The maximum Gasteiger partial charge on any atom is 0.176 e. The van der Waals surface area contributed by atoms with Gasteiger partial charge in [-0.25, -0.2) is 0 Å². The topological polar surface area (TPSA) is 53.7 Å². The number of methoxy groups -OCH3 is 1. The van der Waals surface area contributed by atoms with Crippen molar-refractivity contribution in [2.45, 2.75) is 26.2 Å². The average molecular weight is 274 g/mol. The Labute approximate surface area is 113 Å². The van der Waals surface area contributed by atoms with Crippen LogP contribution in [0.25, 0.3) is 0 Å². The molecule has 1 aromatic rings. The van der Waals surface area contributed by atoms with E-state index in [-0.39, 0.29) is 6.04 Å². The highest BCUT2D eigenvalue weighted by molar-refractivity contribution is 6.32. The first kappa shape index (κ1) is 15.2. The molecule has 0 bridgehead atoms. The van der Waals surface area contributed by atoms with Crippen LogP contribution in [0, 0.1) is 0 Å². The van der Waals surface area contributed by atoms with Crippen LogP contribution >= 0.6 is 11.6 Å². The van der Waals surface area contributed by atoms with E-state index in [1.807, 2.05) is 19.9 Å². The van der Waals surface area contributed by atoms with E-state index in [1.165, 1.54) is 0 Å². The standard InChI is InChI=1S/C13H20ClNO3/c1-4-17-13(18-5-2)12(15)9-6-7-10(14)11(8-9)16-3/h6-8,12-13H,4-5,15H2,1-3H3. The van der Waals surface area contributed by atoms with E-state index in [1.54, 1.807) is 19.2 Å². The lowest BCUT2D eigenvalue weighted by atomic mass is 10.1. The van der Waals surface area contributed by atoms with Gasteiger partial charge in [0.1, 0.15) is 5.75 Å². The highest BCUT2D eigenvalue weighted by Gasteiger charge is 2.21. The molecule has 0 fully saturated rings. The van der Waals surface area contributed by atoms with Crippen LogP contribution < -0.4 is 10.5 Å². The van der Waals surface area contributed by atoms with Crippen LogP contribution in [-0.2, 0) is 9.47 Å². The zero-order valence-electron chi connectivity index (χ0n) is 11.0. The van der Waals surface area contributed by atoms with Gasteiger partial charge in [-0.15, -0.1) is 0 Å². The Hall–Kier alpha value is -0.810. The van der Waals surface area contributed by atoms with Crippen molar-refractivity contribution in [3.05, 3.63) is 28.8 Å². The zero-order valence-corrected chi connectivity index (χ0v) is 11.7. The van der Waals surface area contributed by atoms with Gasteiger partial charge in [-0.1, -0.05) is 17.7 Å². The molecule has 1 aromatic carbocycles. The SMILES string of the molecule is CCOC(OCC)C(N)c1ccc(Cl)c(OC)c1. The monoisotopic (exact) mass is 273 g/mol. The molecule has 0 saturated carbocycles. The van der Waals surface area contributed by atoms with Crippen molar-refractivity contribution in [3.63, 3.8) is 0 Å². The van der Waals surface area contributed by atoms with Gasteiger partial charge in [0.2, 0.25) is 0 Å². The summed E-state index contributed by atoms with van der Waals surface area (Å²) in [5.41, 5.74) is 7.00. The van der Waals surface area contributed by atoms with Crippen molar-refractivity contribution >= 4 is 11.6 Å². The number of rotatable bonds is 7. The smallest absolute Gasteiger partial charge is 0.176 e. The molecule has 0 spiro atoms. The number of halogens is 1. The van der Waals surface area contributed by atoms with Gasteiger partial charge in [0.25, 0.3) is 0 Å². The molecular weight excluding hydrogens is 254 g/mol. The summed E-state index contributed by atoms with van der Waals surface area (Å²) in [5.74, 6) is 0.594. The molecule has 0 aromatic heterocycles. The summed E-state index contributed by atoms with van der Waals surface area (Å²) in [6.45, 7) is 4.90. The van der Waals surface area contributed by atoms with Gasteiger partial charge < -0.3 is 19.9 Å².